The molecule has 3 N–H and O–H groups in total. The van der Waals surface area contributed by atoms with Crippen LogP contribution in [-0.4, -0.2) is 28.8 Å². The summed E-state index contributed by atoms with van der Waals surface area (Å²) in [5.74, 6) is 0.202. The molecular weight excluding hydrogens is 216 g/mol. The number of nitrogens with two attached hydrogens (primary N) is 1. The lowest BCUT2D eigenvalue weighted by molar-refractivity contribution is -0.125. The van der Waals surface area contributed by atoms with Gasteiger partial charge in [-0.1, -0.05) is 13.8 Å². The van der Waals surface area contributed by atoms with Crippen LogP contribution in [0.25, 0.3) is 0 Å². The molecule has 1 atom stereocenters. The number of rotatable bonds is 6. The van der Waals surface area contributed by atoms with Gasteiger partial charge in [0.25, 0.3) is 0 Å². The summed E-state index contributed by atoms with van der Waals surface area (Å²) in [6.45, 7) is 7.68. The topological polar surface area (TPSA) is 72.9 Å². The van der Waals surface area contributed by atoms with Gasteiger partial charge in [0.1, 0.15) is 0 Å². The summed E-state index contributed by atoms with van der Waals surface area (Å²) >= 11 is 0. The van der Waals surface area contributed by atoms with Gasteiger partial charge in [-0.15, -0.1) is 0 Å². The molecule has 0 bridgehead atoms. The maximum absolute atomic E-state index is 11.8. The molecule has 0 saturated heterocycles. The van der Waals surface area contributed by atoms with Crippen molar-refractivity contribution in [1.82, 2.24) is 15.1 Å². The summed E-state index contributed by atoms with van der Waals surface area (Å²) in [6.07, 6.45) is 3.76. The third kappa shape index (κ3) is 4.19. The Labute approximate surface area is 102 Å². The first-order valence-corrected chi connectivity index (χ1v) is 6.01. The summed E-state index contributed by atoms with van der Waals surface area (Å²) in [4.78, 5) is 11.8. The Morgan fingerprint density at radius 2 is 2.29 bits per heavy atom. The number of aryl methyl sites for hydroxylation is 1. The number of amides is 1. The highest BCUT2D eigenvalue weighted by molar-refractivity contribution is 5.79. The quantitative estimate of drug-likeness (QED) is 0.759. The molecule has 1 aromatic rings. The van der Waals surface area contributed by atoms with E-state index in [1.807, 2.05) is 31.6 Å². The van der Waals surface area contributed by atoms with Gasteiger partial charge in [0.15, 0.2) is 0 Å². The lowest BCUT2D eigenvalue weighted by Crippen LogP contribution is -2.39. The van der Waals surface area contributed by atoms with Crippen LogP contribution < -0.4 is 11.1 Å². The number of nitrogens with one attached hydrogen (secondary N) is 1. The van der Waals surface area contributed by atoms with Gasteiger partial charge in [-0.05, 0) is 18.4 Å². The number of carbonyl (C=O) groups is 1. The Bertz CT molecular complexity index is 359. The van der Waals surface area contributed by atoms with E-state index in [1.54, 1.807) is 6.20 Å². The van der Waals surface area contributed by atoms with Crippen LogP contribution in [0.3, 0.4) is 0 Å². The summed E-state index contributed by atoms with van der Waals surface area (Å²) in [5.41, 5.74) is 6.71. The fourth-order valence-corrected chi connectivity index (χ4v) is 1.70. The van der Waals surface area contributed by atoms with E-state index in [1.165, 1.54) is 0 Å². The van der Waals surface area contributed by atoms with E-state index in [-0.39, 0.29) is 17.7 Å². The minimum Gasteiger partial charge on any atom is -0.354 e. The smallest absolute Gasteiger partial charge is 0.224 e. The van der Waals surface area contributed by atoms with Gasteiger partial charge in [0.05, 0.1) is 18.7 Å². The van der Waals surface area contributed by atoms with E-state index in [2.05, 4.69) is 10.4 Å². The number of hydrogen-bond donors (Lipinski definition) is 2. The van der Waals surface area contributed by atoms with Crippen LogP contribution in [0, 0.1) is 18.8 Å². The fourth-order valence-electron chi connectivity index (χ4n) is 1.70. The fraction of sp³-hybridized carbons (Fsp3) is 0.667. The predicted octanol–water partition coefficient (Wildman–Crippen LogP) is 0.539. The third-order valence-corrected chi connectivity index (χ3v) is 2.80. The van der Waals surface area contributed by atoms with Gasteiger partial charge < -0.3 is 11.1 Å². The van der Waals surface area contributed by atoms with Crippen LogP contribution in [0.5, 0.6) is 0 Å². The Morgan fingerprint density at radius 1 is 1.59 bits per heavy atom. The van der Waals surface area contributed by atoms with E-state index < -0.39 is 0 Å². The SMILES string of the molecule is Cc1cnn(CCNC(=O)C(CN)C(C)C)c1. The average molecular weight is 238 g/mol. The molecule has 1 heterocycles. The lowest BCUT2D eigenvalue weighted by Gasteiger charge is -2.18. The molecule has 0 radical (unpaired) electrons. The number of aromatic nitrogens is 2. The normalized spacial score (nSPS) is 12.8. The Balaban J connectivity index is 2.33. The molecule has 96 valence electrons. The lowest BCUT2D eigenvalue weighted by atomic mass is 9.95. The largest absolute Gasteiger partial charge is 0.354 e. The second kappa shape index (κ2) is 6.39. The van der Waals surface area contributed by atoms with Crippen LogP contribution >= 0.6 is 0 Å². The summed E-state index contributed by atoms with van der Waals surface area (Å²) < 4.78 is 1.82. The monoisotopic (exact) mass is 238 g/mol. The van der Waals surface area contributed by atoms with Crippen molar-refractivity contribution >= 4 is 5.91 Å². The summed E-state index contributed by atoms with van der Waals surface area (Å²) in [7, 11) is 0. The number of hydrogen-bond acceptors (Lipinski definition) is 3. The number of nitrogens with zero attached hydrogens (tertiary/aromatic N) is 2. The molecule has 0 spiro atoms. The van der Waals surface area contributed by atoms with Crippen LogP contribution in [0.15, 0.2) is 12.4 Å². The van der Waals surface area contributed by atoms with Crippen molar-refractivity contribution in [1.29, 1.82) is 0 Å². The standard InChI is InChI=1S/C12H22N4O/c1-9(2)11(6-13)12(17)14-4-5-16-8-10(3)7-15-16/h7-9,11H,4-6,13H2,1-3H3,(H,14,17). The molecule has 1 unspecified atom stereocenters. The minimum atomic E-state index is -0.102. The van der Waals surface area contributed by atoms with Crippen molar-refractivity contribution in [3.8, 4) is 0 Å². The molecule has 0 aromatic carbocycles. The molecule has 1 aromatic heterocycles. The van der Waals surface area contributed by atoms with Crippen LogP contribution in [0.1, 0.15) is 19.4 Å². The molecular formula is C12H22N4O. The highest BCUT2D eigenvalue weighted by atomic mass is 16.1. The minimum absolute atomic E-state index is 0.0337. The van der Waals surface area contributed by atoms with Crippen molar-refractivity contribution in [2.45, 2.75) is 27.3 Å². The summed E-state index contributed by atoms with van der Waals surface area (Å²) in [6, 6.07) is 0. The van der Waals surface area contributed by atoms with Crippen LogP contribution in [0.2, 0.25) is 0 Å². The zero-order chi connectivity index (χ0) is 12.8. The van der Waals surface area contributed by atoms with Crippen molar-refractivity contribution in [3.05, 3.63) is 18.0 Å². The van der Waals surface area contributed by atoms with E-state index in [0.717, 1.165) is 5.56 Å². The zero-order valence-electron chi connectivity index (χ0n) is 10.8. The third-order valence-electron chi connectivity index (χ3n) is 2.80. The first-order chi connectivity index (χ1) is 8.04. The molecule has 0 saturated carbocycles. The average Bonchev–Trinajstić information content (AvgIpc) is 2.64. The maximum atomic E-state index is 11.8. The predicted molar refractivity (Wildman–Crippen MR) is 67.4 cm³/mol. The highest BCUT2D eigenvalue weighted by Gasteiger charge is 2.19. The molecule has 5 nitrogen and oxygen atoms in total. The van der Waals surface area contributed by atoms with E-state index >= 15 is 0 Å². The number of carbonyl (C=O) groups excluding carboxylic acids is 1. The van der Waals surface area contributed by atoms with Gasteiger partial charge in [-0.25, -0.2) is 0 Å². The second-order valence-electron chi connectivity index (χ2n) is 4.66. The van der Waals surface area contributed by atoms with Gasteiger partial charge >= 0.3 is 0 Å². The van der Waals surface area contributed by atoms with Crippen molar-refractivity contribution in [3.63, 3.8) is 0 Å². The van der Waals surface area contributed by atoms with Gasteiger partial charge in [-0.2, -0.15) is 5.10 Å². The van der Waals surface area contributed by atoms with Gasteiger partial charge in [0.2, 0.25) is 5.91 Å². The maximum Gasteiger partial charge on any atom is 0.224 e. The Morgan fingerprint density at radius 3 is 2.76 bits per heavy atom. The Hall–Kier alpha value is -1.36. The second-order valence-corrected chi connectivity index (χ2v) is 4.66. The molecule has 0 aliphatic rings. The molecule has 0 aliphatic heterocycles. The van der Waals surface area contributed by atoms with Crippen LogP contribution in [-0.2, 0) is 11.3 Å². The molecule has 0 aliphatic carbocycles. The highest BCUT2D eigenvalue weighted by Crippen LogP contribution is 2.08. The van der Waals surface area contributed by atoms with Crippen molar-refractivity contribution in [2.24, 2.45) is 17.6 Å². The van der Waals surface area contributed by atoms with Gasteiger partial charge in [-0.3, -0.25) is 9.48 Å². The molecule has 17 heavy (non-hydrogen) atoms. The van der Waals surface area contributed by atoms with E-state index in [0.29, 0.717) is 19.6 Å². The van der Waals surface area contributed by atoms with Crippen molar-refractivity contribution in [2.75, 3.05) is 13.1 Å². The Kier molecular flexibility index (Phi) is 5.15. The van der Waals surface area contributed by atoms with E-state index in [4.69, 9.17) is 5.73 Å². The first kappa shape index (κ1) is 13.7. The zero-order valence-corrected chi connectivity index (χ0v) is 10.8. The molecule has 0 fully saturated rings. The van der Waals surface area contributed by atoms with E-state index in [9.17, 15) is 4.79 Å². The molecule has 1 amide bonds. The van der Waals surface area contributed by atoms with Crippen molar-refractivity contribution < 1.29 is 4.79 Å². The summed E-state index contributed by atoms with van der Waals surface area (Å²) in [5, 5.41) is 7.05. The van der Waals surface area contributed by atoms with Crippen LogP contribution in [0.4, 0.5) is 0 Å². The molecule has 5 heteroatoms. The first-order valence-electron chi connectivity index (χ1n) is 6.01. The molecule has 1 rings (SSSR count). The van der Waals surface area contributed by atoms with Gasteiger partial charge in [0, 0.05) is 19.3 Å².